The van der Waals surface area contributed by atoms with Crippen LogP contribution < -0.4 is 10.6 Å². The topological polar surface area (TPSA) is 24.1 Å². The third-order valence-corrected chi connectivity index (χ3v) is 2.02. The Labute approximate surface area is 77.1 Å². The maximum Gasteiger partial charge on any atom is 0.0215 e. The third-order valence-electron chi connectivity index (χ3n) is 2.02. The minimum absolute atomic E-state index is 0.609. The fraction of sp³-hybridized carbons (Fsp3) is 1.00. The predicted molar refractivity (Wildman–Crippen MR) is 55.4 cm³/mol. The van der Waals surface area contributed by atoms with E-state index in [0.29, 0.717) is 12.0 Å². The van der Waals surface area contributed by atoms with Crippen LogP contribution in [0.15, 0.2) is 0 Å². The standard InChI is InChI=1S/C10H24N2/c1-8(2)6-12-10(7-11-5)9(3)4/h8-12H,6-7H2,1-5H3. The van der Waals surface area contributed by atoms with Crippen LogP contribution in [0, 0.1) is 11.8 Å². The van der Waals surface area contributed by atoms with E-state index < -0.39 is 0 Å². The second kappa shape index (κ2) is 6.44. The second-order valence-electron chi connectivity index (χ2n) is 4.21. The highest BCUT2D eigenvalue weighted by atomic mass is 15.0. The minimum atomic E-state index is 0.609. The summed E-state index contributed by atoms with van der Waals surface area (Å²) in [6, 6.07) is 0.609. The molecule has 0 aromatic carbocycles. The molecular weight excluding hydrogens is 148 g/mol. The molecule has 0 aliphatic heterocycles. The lowest BCUT2D eigenvalue weighted by molar-refractivity contribution is 0.368. The number of rotatable bonds is 6. The minimum Gasteiger partial charge on any atom is -0.318 e. The third kappa shape index (κ3) is 5.56. The van der Waals surface area contributed by atoms with Gasteiger partial charge in [-0.15, -0.1) is 0 Å². The van der Waals surface area contributed by atoms with Gasteiger partial charge < -0.3 is 10.6 Å². The molecule has 0 spiro atoms. The Balaban J connectivity index is 3.63. The Bertz CT molecular complexity index is 100. The normalized spacial score (nSPS) is 14.2. The number of hydrogen-bond donors (Lipinski definition) is 2. The van der Waals surface area contributed by atoms with Crippen molar-refractivity contribution >= 4 is 0 Å². The smallest absolute Gasteiger partial charge is 0.0215 e. The molecular formula is C10H24N2. The van der Waals surface area contributed by atoms with Crippen LogP contribution in [0.5, 0.6) is 0 Å². The summed E-state index contributed by atoms with van der Waals surface area (Å²) in [6.07, 6.45) is 0. The molecule has 2 nitrogen and oxygen atoms in total. The Morgan fingerprint density at radius 2 is 1.58 bits per heavy atom. The molecule has 0 fully saturated rings. The summed E-state index contributed by atoms with van der Waals surface area (Å²) in [5, 5.41) is 6.77. The monoisotopic (exact) mass is 172 g/mol. The van der Waals surface area contributed by atoms with Crippen LogP contribution in [0.25, 0.3) is 0 Å². The fourth-order valence-corrected chi connectivity index (χ4v) is 1.15. The second-order valence-corrected chi connectivity index (χ2v) is 4.21. The van der Waals surface area contributed by atoms with E-state index in [1.165, 1.54) is 0 Å². The Hall–Kier alpha value is -0.0800. The zero-order valence-corrected chi connectivity index (χ0v) is 9.15. The van der Waals surface area contributed by atoms with Gasteiger partial charge in [-0.2, -0.15) is 0 Å². The van der Waals surface area contributed by atoms with Crippen molar-refractivity contribution in [3.63, 3.8) is 0 Å². The van der Waals surface area contributed by atoms with Gasteiger partial charge in [-0.25, -0.2) is 0 Å². The summed E-state index contributed by atoms with van der Waals surface area (Å²) >= 11 is 0. The van der Waals surface area contributed by atoms with E-state index in [9.17, 15) is 0 Å². The molecule has 0 saturated carbocycles. The molecule has 1 unspecified atom stereocenters. The highest BCUT2D eigenvalue weighted by molar-refractivity contribution is 4.72. The maximum absolute atomic E-state index is 3.56. The van der Waals surface area contributed by atoms with Crippen LogP contribution >= 0.6 is 0 Å². The van der Waals surface area contributed by atoms with Crippen molar-refractivity contribution in [2.45, 2.75) is 33.7 Å². The molecule has 2 heteroatoms. The molecule has 0 rings (SSSR count). The van der Waals surface area contributed by atoms with Crippen molar-refractivity contribution in [2.75, 3.05) is 20.1 Å². The highest BCUT2D eigenvalue weighted by Gasteiger charge is 2.11. The predicted octanol–water partition coefficient (Wildman–Crippen LogP) is 1.48. The van der Waals surface area contributed by atoms with Crippen LogP contribution in [0.1, 0.15) is 27.7 Å². The molecule has 0 aromatic rings. The van der Waals surface area contributed by atoms with Gasteiger partial charge in [0.1, 0.15) is 0 Å². The van der Waals surface area contributed by atoms with Crippen LogP contribution in [-0.4, -0.2) is 26.2 Å². The molecule has 2 N–H and O–H groups in total. The number of nitrogens with one attached hydrogen (secondary N) is 2. The molecule has 0 bridgehead atoms. The fourth-order valence-electron chi connectivity index (χ4n) is 1.15. The first kappa shape index (κ1) is 11.9. The highest BCUT2D eigenvalue weighted by Crippen LogP contribution is 2.01. The van der Waals surface area contributed by atoms with Gasteiger partial charge in [-0.05, 0) is 25.4 Å². The quantitative estimate of drug-likeness (QED) is 0.634. The van der Waals surface area contributed by atoms with E-state index in [2.05, 4.69) is 38.3 Å². The summed E-state index contributed by atoms with van der Waals surface area (Å²) in [4.78, 5) is 0. The van der Waals surface area contributed by atoms with E-state index in [1.807, 2.05) is 7.05 Å². The molecule has 74 valence electrons. The molecule has 0 aliphatic rings. The van der Waals surface area contributed by atoms with E-state index in [0.717, 1.165) is 19.0 Å². The van der Waals surface area contributed by atoms with Gasteiger partial charge in [-0.1, -0.05) is 27.7 Å². The first-order valence-electron chi connectivity index (χ1n) is 4.96. The van der Waals surface area contributed by atoms with Gasteiger partial charge in [0.2, 0.25) is 0 Å². The molecule has 0 aromatic heterocycles. The molecule has 0 aliphatic carbocycles. The van der Waals surface area contributed by atoms with Gasteiger partial charge in [0.05, 0.1) is 0 Å². The molecule has 0 saturated heterocycles. The van der Waals surface area contributed by atoms with E-state index in [4.69, 9.17) is 0 Å². The van der Waals surface area contributed by atoms with E-state index >= 15 is 0 Å². The molecule has 0 amide bonds. The lowest BCUT2D eigenvalue weighted by Gasteiger charge is -2.23. The zero-order chi connectivity index (χ0) is 9.56. The summed E-state index contributed by atoms with van der Waals surface area (Å²) in [5.41, 5.74) is 0. The lowest BCUT2D eigenvalue weighted by Crippen LogP contribution is -2.42. The zero-order valence-electron chi connectivity index (χ0n) is 9.15. The first-order valence-corrected chi connectivity index (χ1v) is 4.96. The van der Waals surface area contributed by atoms with Crippen molar-refractivity contribution < 1.29 is 0 Å². The average Bonchev–Trinajstić information content (AvgIpc) is 1.96. The SMILES string of the molecule is CNCC(NCC(C)C)C(C)C. The summed E-state index contributed by atoms with van der Waals surface area (Å²) in [5.74, 6) is 1.44. The van der Waals surface area contributed by atoms with E-state index in [1.54, 1.807) is 0 Å². The van der Waals surface area contributed by atoms with Gasteiger partial charge in [0.15, 0.2) is 0 Å². The van der Waals surface area contributed by atoms with Crippen molar-refractivity contribution in [1.82, 2.24) is 10.6 Å². The number of hydrogen-bond acceptors (Lipinski definition) is 2. The van der Waals surface area contributed by atoms with Gasteiger partial charge in [0.25, 0.3) is 0 Å². The summed E-state index contributed by atoms with van der Waals surface area (Å²) in [7, 11) is 2.01. The molecule has 12 heavy (non-hydrogen) atoms. The molecule has 0 heterocycles. The van der Waals surface area contributed by atoms with Gasteiger partial charge >= 0.3 is 0 Å². The lowest BCUT2D eigenvalue weighted by atomic mass is 10.0. The Morgan fingerprint density at radius 1 is 1.00 bits per heavy atom. The van der Waals surface area contributed by atoms with Gasteiger partial charge in [-0.3, -0.25) is 0 Å². The first-order chi connectivity index (χ1) is 5.57. The van der Waals surface area contributed by atoms with Crippen molar-refractivity contribution in [3.05, 3.63) is 0 Å². The van der Waals surface area contributed by atoms with Gasteiger partial charge in [0, 0.05) is 12.6 Å². The van der Waals surface area contributed by atoms with Crippen LogP contribution in [-0.2, 0) is 0 Å². The molecule has 1 atom stereocenters. The van der Waals surface area contributed by atoms with Crippen molar-refractivity contribution in [1.29, 1.82) is 0 Å². The van der Waals surface area contributed by atoms with E-state index in [-0.39, 0.29) is 0 Å². The van der Waals surface area contributed by atoms with Crippen molar-refractivity contribution in [2.24, 2.45) is 11.8 Å². The van der Waals surface area contributed by atoms with Crippen LogP contribution in [0.3, 0.4) is 0 Å². The Morgan fingerprint density at radius 3 is 1.92 bits per heavy atom. The average molecular weight is 172 g/mol. The molecule has 0 radical (unpaired) electrons. The van der Waals surface area contributed by atoms with Crippen LogP contribution in [0.2, 0.25) is 0 Å². The number of likely N-dealkylation sites (N-methyl/N-ethyl adjacent to an activating group) is 1. The van der Waals surface area contributed by atoms with Crippen LogP contribution in [0.4, 0.5) is 0 Å². The summed E-state index contributed by atoms with van der Waals surface area (Å²) in [6.45, 7) is 11.2. The van der Waals surface area contributed by atoms with Crippen molar-refractivity contribution in [3.8, 4) is 0 Å². The largest absolute Gasteiger partial charge is 0.318 e. The Kier molecular flexibility index (Phi) is 6.39. The maximum atomic E-state index is 3.56. The summed E-state index contributed by atoms with van der Waals surface area (Å²) < 4.78 is 0.